The number of fused-ring (bicyclic) bond motifs is 2. The Kier molecular flexibility index (Phi) is 5.99. The third kappa shape index (κ3) is 4.02. The van der Waals surface area contributed by atoms with E-state index < -0.39 is 0 Å². The van der Waals surface area contributed by atoms with E-state index in [1.54, 1.807) is 13.4 Å². The lowest BCUT2D eigenvalue weighted by molar-refractivity contribution is -0.122. The second-order valence-electron chi connectivity index (χ2n) is 7.32. The predicted octanol–water partition coefficient (Wildman–Crippen LogP) is 2.94. The van der Waals surface area contributed by atoms with Crippen molar-refractivity contribution in [2.24, 2.45) is 0 Å². The second kappa shape index (κ2) is 9.01. The van der Waals surface area contributed by atoms with Crippen molar-refractivity contribution in [2.45, 2.75) is 25.7 Å². The van der Waals surface area contributed by atoms with Crippen LogP contribution in [0.1, 0.15) is 44.4 Å². The average Bonchev–Trinajstić information content (AvgIpc) is 3.47. The van der Waals surface area contributed by atoms with Crippen LogP contribution >= 0.6 is 0 Å². The van der Waals surface area contributed by atoms with E-state index in [0.29, 0.717) is 26.3 Å². The van der Waals surface area contributed by atoms with Gasteiger partial charge in [-0.1, -0.05) is 24.3 Å². The van der Waals surface area contributed by atoms with Crippen LogP contribution in [0.3, 0.4) is 0 Å². The van der Waals surface area contributed by atoms with Gasteiger partial charge in [0, 0.05) is 18.0 Å². The number of amides is 1. The Morgan fingerprint density at radius 2 is 2.10 bits per heavy atom. The molecule has 2 N–H and O–H groups in total. The Hall–Kier alpha value is -3.65. The molecule has 0 aliphatic carbocycles. The largest absolute Gasteiger partial charge is 0.497 e. The number of carbonyl (C=O) groups excluding carboxylic acids is 1. The first-order valence-electron chi connectivity index (χ1n) is 9.88. The van der Waals surface area contributed by atoms with Crippen molar-refractivity contribution in [3.63, 3.8) is 0 Å². The van der Waals surface area contributed by atoms with E-state index >= 15 is 0 Å². The zero-order valence-corrected chi connectivity index (χ0v) is 17.1. The number of aromatic amines is 1. The van der Waals surface area contributed by atoms with E-state index in [1.165, 1.54) is 0 Å². The molecule has 160 valence electrons. The molecular formula is C23H23N3O5. The summed E-state index contributed by atoms with van der Waals surface area (Å²) in [4.78, 5) is 31.4. The topological polar surface area (TPSA) is 105 Å². The third-order valence-electron chi connectivity index (χ3n) is 5.62. The highest BCUT2D eigenvalue weighted by molar-refractivity contribution is 5.96. The molecule has 1 amide bonds. The number of nitrogens with zero attached hydrogens (tertiary/aromatic N) is 2. The molecule has 0 bridgehead atoms. The van der Waals surface area contributed by atoms with Crippen LogP contribution in [0.25, 0.3) is 0 Å². The van der Waals surface area contributed by atoms with Crippen molar-refractivity contribution in [2.75, 3.05) is 13.7 Å². The first kappa shape index (κ1) is 20.6. The van der Waals surface area contributed by atoms with Crippen molar-refractivity contribution < 1.29 is 24.2 Å². The van der Waals surface area contributed by atoms with Gasteiger partial charge < -0.3 is 24.5 Å². The number of carboxylic acid groups (broad SMARTS) is 1. The van der Waals surface area contributed by atoms with E-state index in [1.807, 2.05) is 41.3 Å². The number of carbonyl (C=O) groups is 2. The Bertz CT molecular complexity index is 1090. The van der Waals surface area contributed by atoms with Gasteiger partial charge in [0.15, 0.2) is 0 Å². The van der Waals surface area contributed by atoms with E-state index in [0.717, 1.165) is 39.4 Å². The summed E-state index contributed by atoms with van der Waals surface area (Å²) in [5.74, 6) is 0.841. The van der Waals surface area contributed by atoms with Gasteiger partial charge in [-0.05, 0) is 34.9 Å². The number of methoxy groups -OCH3 is 1. The van der Waals surface area contributed by atoms with Crippen LogP contribution < -0.4 is 4.74 Å². The van der Waals surface area contributed by atoms with Crippen LogP contribution in [0.2, 0.25) is 0 Å². The third-order valence-corrected chi connectivity index (χ3v) is 5.62. The molecule has 31 heavy (non-hydrogen) atoms. The number of aromatic nitrogens is 2. The molecule has 0 fully saturated rings. The number of rotatable bonds is 3. The Balaban J connectivity index is 0.000000730. The molecular weight excluding hydrogens is 398 g/mol. The fraction of sp³-hybridized carbons (Fsp3) is 0.261. The van der Waals surface area contributed by atoms with E-state index in [2.05, 4.69) is 16.0 Å². The highest BCUT2D eigenvalue weighted by atomic mass is 16.5. The van der Waals surface area contributed by atoms with Crippen LogP contribution in [0.4, 0.5) is 0 Å². The van der Waals surface area contributed by atoms with Crippen molar-refractivity contribution >= 4 is 12.4 Å². The van der Waals surface area contributed by atoms with E-state index in [4.69, 9.17) is 19.4 Å². The maximum atomic E-state index is 13.4. The van der Waals surface area contributed by atoms with Crippen molar-refractivity contribution in [1.29, 1.82) is 0 Å². The van der Waals surface area contributed by atoms with Gasteiger partial charge in [-0.3, -0.25) is 9.59 Å². The molecule has 3 heterocycles. The summed E-state index contributed by atoms with van der Waals surface area (Å²) in [7, 11) is 1.66. The maximum absolute atomic E-state index is 13.4. The molecule has 1 atom stereocenters. The van der Waals surface area contributed by atoms with Crippen molar-refractivity contribution in [3.05, 3.63) is 82.4 Å². The van der Waals surface area contributed by atoms with Crippen molar-refractivity contribution in [1.82, 2.24) is 14.9 Å². The zero-order valence-electron chi connectivity index (χ0n) is 17.1. The van der Waals surface area contributed by atoms with Gasteiger partial charge in [-0.2, -0.15) is 0 Å². The molecule has 2 aliphatic rings. The zero-order chi connectivity index (χ0) is 21.8. The Morgan fingerprint density at radius 3 is 2.90 bits per heavy atom. The highest BCUT2D eigenvalue weighted by Crippen LogP contribution is 2.34. The van der Waals surface area contributed by atoms with Gasteiger partial charge in [0.05, 0.1) is 44.6 Å². The van der Waals surface area contributed by atoms with E-state index in [9.17, 15) is 4.79 Å². The highest BCUT2D eigenvalue weighted by Gasteiger charge is 2.33. The van der Waals surface area contributed by atoms with Gasteiger partial charge >= 0.3 is 0 Å². The lowest BCUT2D eigenvalue weighted by atomic mass is 9.90. The smallest absolute Gasteiger partial charge is 0.290 e. The van der Waals surface area contributed by atoms with Gasteiger partial charge in [-0.15, -0.1) is 0 Å². The Labute approximate surface area is 179 Å². The molecule has 0 saturated carbocycles. The summed E-state index contributed by atoms with van der Waals surface area (Å²) < 4.78 is 10.9. The molecule has 1 aromatic heterocycles. The van der Waals surface area contributed by atoms with Gasteiger partial charge in [0.1, 0.15) is 5.75 Å². The summed E-state index contributed by atoms with van der Waals surface area (Å²) in [6.07, 6.45) is 1.71. The normalized spacial score (nSPS) is 16.5. The molecule has 2 aliphatic heterocycles. The number of nitrogens with one attached hydrogen (secondary N) is 1. The number of H-pyrrole nitrogens is 1. The summed E-state index contributed by atoms with van der Waals surface area (Å²) in [6, 6.07) is 13.8. The van der Waals surface area contributed by atoms with E-state index in [-0.39, 0.29) is 18.3 Å². The van der Waals surface area contributed by atoms with Crippen molar-refractivity contribution in [3.8, 4) is 5.75 Å². The number of benzene rings is 2. The van der Waals surface area contributed by atoms with Gasteiger partial charge in [-0.25, -0.2) is 4.98 Å². The van der Waals surface area contributed by atoms with Crippen LogP contribution in [0.5, 0.6) is 5.75 Å². The minimum Gasteiger partial charge on any atom is -0.497 e. The molecule has 0 radical (unpaired) electrons. The molecule has 0 spiro atoms. The average molecular weight is 421 g/mol. The fourth-order valence-corrected chi connectivity index (χ4v) is 4.17. The minimum absolute atomic E-state index is 0.00191. The predicted molar refractivity (Wildman–Crippen MR) is 112 cm³/mol. The van der Waals surface area contributed by atoms with Crippen LogP contribution in [0.15, 0.2) is 48.8 Å². The molecule has 8 heteroatoms. The Morgan fingerprint density at radius 1 is 1.29 bits per heavy atom. The lowest BCUT2D eigenvalue weighted by Crippen LogP contribution is -2.39. The number of ether oxygens (including phenoxy) is 2. The maximum Gasteiger partial charge on any atom is 0.290 e. The molecule has 2 aromatic carbocycles. The van der Waals surface area contributed by atoms with Crippen LogP contribution in [-0.4, -0.2) is 46.0 Å². The SMILES string of the molecule is COc1cccc(C2CN(C(=O)c3cccc4c3COC4)Cc3[nH]cnc32)c1.O=CO. The van der Waals surface area contributed by atoms with Gasteiger partial charge in [0.2, 0.25) is 0 Å². The molecule has 0 saturated heterocycles. The second-order valence-corrected chi connectivity index (χ2v) is 7.32. The number of hydrogen-bond acceptors (Lipinski definition) is 5. The summed E-state index contributed by atoms with van der Waals surface area (Å²) in [6.45, 7) is 1.93. The number of hydrogen-bond donors (Lipinski definition) is 2. The minimum atomic E-state index is -0.250. The standard InChI is InChI=1S/C22H21N3O3.CH2O2/c1-27-16-6-2-4-14(8-16)18-9-25(10-20-21(18)24-13-23-20)22(26)17-7-3-5-15-11-28-12-19(15)17;2-1-3/h2-8,13,18H,9-12H2,1H3,(H,23,24);1H,(H,2,3). The van der Waals surface area contributed by atoms with Crippen LogP contribution in [0, 0.1) is 0 Å². The molecule has 8 nitrogen and oxygen atoms in total. The lowest BCUT2D eigenvalue weighted by Gasteiger charge is -2.33. The summed E-state index contributed by atoms with van der Waals surface area (Å²) in [5.41, 5.74) is 5.93. The molecule has 1 unspecified atom stereocenters. The fourth-order valence-electron chi connectivity index (χ4n) is 4.17. The first-order valence-corrected chi connectivity index (χ1v) is 9.88. The van der Waals surface area contributed by atoms with Crippen LogP contribution in [-0.2, 0) is 29.3 Å². The quantitative estimate of drug-likeness (QED) is 0.630. The molecule has 3 aromatic rings. The monoisotopic (exact) mass is 421 g/mol. The molecule has 5 rings (SSSR count). The summed E-state index contributed by atoms with van der Waals surface area (Å²) in [5, 5.41) is 6.89. The number of imidazole rings is 1. The summed E-state index contributed by atoms with van der Waals surface area (Å²) >= 11 is 0. The van der Waals surface area contributed by atoms with Gasteiger partial charge in [0.25, 0.3) is 12.4 Å². The first-order chi connectivity index (χ1) is 15.2.